The molecule has 0 fully saturated rings. The maximum Gasteiger partial charge on any atom is 0.261 e. The van der Waals surface area contributed by atoms with Gasteiger partial charge in [0.05, 0.1) is 6.26 Å². The van der Waals surface area contributed by atoms with Crippen LogP contribution in [0.2, 0.25) is 0 Å². The molecule has 3 rings (SSSR count). The molecule has 1 amide bonds. The van der Waals surface area contributed by atoms with Crippen LogP contribution in [-0.4, -0.2) is 5.91 Å². The first-order valence-corrected chi connectivity index (χ1v) is 9.82. The Morgan fingerprint density at radius 1 is 1.03 bits per heavy atom. The summed E-state index contributed by atoms with van der Waals surface area (Å²) in [7, 11) is 0. The van der Waals surface area contributed by atoms with Gasteiger partial charge in [0.1, 0.15) is 23.0 Å². The molecule has 3 N–H and O–H groups in total. The Morgan fingerprint density at radius 3 is 2.33 bits per heavy atom. The first-order valence-electron chi connectivity index (χ1n) is 9.82. The number of nitrogens with one attached hydrogen (secondary N) is 1. The van der Waals surface area contributed by atoms with E-state index in [9.17, 15) is 13.6 Å². The maximum absolute atomic E-state index is 13.8. The molecule has 0 radical (unpaired) electrons. The molecule has 6 heteroatoms. The number of nitrogens with two attached hydrogens (primary N) is 1. The first-order chi connectivity index (χ1) is 14.5. The minimum absolute atomic E-state index is 0.444. The van der Waals surface area contributed by atoms with Gasteiger partial charge in [-0.25, -0.2) is 8.78 Å². The predicted octanol–water partition coefficient (Wildman–Crippen LogP) is 5.90. The molecule has 0 unspecified atom stereocenters. The number of ether oxygens (including phenoxy) is 1. The fraction of sp³-hybridized carbons (Fsp3) is 0.208. The van der Waals surface area contributed by atoms with Gasteiger partial charge < -0.3 is 15.8 Å². The van der Waals surface area contributed by atoms with Crippen molar-refractivity contribution in [3.8, 4) is 0 Å². The van der Waals surface area contributed by atoms with E-state index in [1.54, 1.807) is 12.1 Å². The van der Waals surface area contributed by atoms with E-state index in [-0.39, 0.29) is 0 Å². The zero-order chi connectivity index (χ0) is 21.5. The predicted molar refractivity (Wildman–Crippen MR) is 114 cm³/mol. The zero-order valence-electron chi connectivity index (χ0n) is 16.6. The number of hydrogen-bond acceptors (Lipinski definition) is 3. The molecule has 4 nitrogen and oxygen atoms in total. The summed E-state index contributed by atoms with van der Waals surface area (Å²) in [4.78, 5) is 12.3. The van der Waals surface area contributed by atoms with E-state index in [0.717, 1.165) is 60.9 Å². The second-order valence-electron chi connectivity index (χ2n) is 6.96. The van der Waals surface area contributed by atoms with E-state index >= 15 is 0 Å². The molecule has 0 atom stereocenters. The van der Waals surface area contributed by atoms with Gasteiger partial charge in [-0.15, -0.1) is 0 Å². The quantitative estimate of drug-likeness (QED) is 0.583. The topological polar surface area (TPSA) is 64.3 Å². The SMILES string of the molecule is C=CO/C(=C\N)C1=C(c2ccc(NC(=O)c3c(F)cccc3F)cc2)CCCCC1. The Morgan fingerprint density at radius 2 is 1.70 bits per heavy atom. The molecule has 0 saturated carbocycles. The van der Waals surface area contributed by atoms with Crippen LogP contribution in [0.3, 0.4) is 0 Å². The van der Waals surface area contributed by atoms with Crippen LogP contribution in [0.15, 0.2) is 72.8 Å². The number of hydrogen-bond donors (Lipinski definition) is 2. The van der Waals surface area contributed by atoms with Gasteiger partial charge in [0, 0.05) is 17.5 Å². The molecule has 0 bridgehead atoms. The van der Waals surface area contributed by atoms with Crippen molar-refractivity contribution >= 4 is 17.2 Å². The highest BCUT2D eigenvalue weighted by molar-refractivity contribution is 6.04. The number of carbonyl (C=O) groups is 1. The highest BCUT2D eigenvalue weighted by Gasteiger charge is 2.19. The lowest BCUT2D eigenvalue weighted by Crippen LogP contribution is -2.15. The molecule has 0 aromatic heterocycles. The molecule has 30 heavy (non-hydrogen) atoms. The van der Waals surface area contributed by atoms with E-state index < -0.39 is 23.1 Å². The van der Waals surface area contributed by atoms with Crippen molar-refractivity contribution in [2.24, 2.45) is 5.73 Å². The zero-order valence-corrected chi connectivity index (χ0v) is 16.6. The van der Waals surface area contributed by atoms with Crippen molar-refractivity contribution in [2.75, 3.05) is 5.32 Å². The van der Waals surface area contributed by atoms with Crippen LogP contribution in [0.1, 0.15) is 48.0 Å². The van der Waals surface area contributed by atoms with Gasteiger partial charge in [0.25, 0.3) is 5.91 Å². The number of halogens is 2. The summed E-state index contributed by atoms with van der Waals surface area (Å²) in [5, 5.41) is 2.54. The molecular formula is C24H24F2N2O2. The summed E-state index contributed by atoms with van der Waals surface area (Å²) in [6.07, 6.45) is 7.72. The third-order valence-corrected chi connectivity index (χ3v) is 5.06. The lowest BCUT2D eigenvalue weighted by atomic mass is 9.94. The van der Waals surface area contributed by atoms with Crippen molar-refractivity contribution in [1.29, 1.82) is 0 Å². The van der Waals surface area contributed by atoms with Gasteiger partial charge in [-0.2, -0.15) is 0 Å². The van der Waals surface area contributed by atoms with Gasteiger partial charge in [-0.3, -0.25) is 4.79 Å². The van der Waals surface area contributed by atoms with Gasteiger partial charge in [-0.05, 0) is 61.1 Å². The minimum atomic E-state index is -0.902. The monoisotopic (exact) mass is 410 g/mol. The van der Waals surface area contributed by atoms with Gasteiger partial charge in [0.2, 0.25) is 0 Å². The molecule has 0 heterocycles. The van der Waals surface area contributed by atoms with Crippen molar-refractivity contribution in [3.63, 3.8) is 0 Å². The van der Waals surface area contributed by atoms with Crippen LogP contribution in [0, 0.1) is 11.6 Å². The standard InChI is InChI=1S/C24H24F2N2O2/c1-2-30-22(15-27)19-8-5-3-4-7-18(19)16-11-13-17(14-12-16)28-24(29)23-20(25)9-6-10-21(23)26/h2,6,9-15H,1,3-5,7-8,27H2,(H,28,29)/b22-15-. The molecule has 2 aromatic rings. The van der Waals surface area contributed by atoms with Gasteiger partial charge in [0.15, 0.2) is 0 Å². The lowest BCUT2D eigenvalue weighted by Gasteiger charge is -2.16. The summed E-state index contributed by atoms with van der Waals surface area (Å²) >= 11 is 0. The smallest absolute Gasteiger partial charge is 0.261 e. The van der Waals surface area contributed by atoms with Crippen LogP contribution in [0.25, 0.3) is 5.57 Å². The van der Waals surface area contributed by atoms with Crippen molar-refractivity contribution < 1.29 is 18.3 Å². The number of rotatable bonds is 6. The first kappa shape index (κ1) is 21.3. The van der Waals surface area contributed by atoms with Crippen molar-refractivity contribution in [2.45, 2.75) is 32.1 Å². The summed E-state index contributed by atoms with van der Waals surface area (Å²) < 4.78 is 33.1. The average Bonchev–Trinajstić information content (AvgIpc) is 2.98. The van der Waals surface area contributed by atoms with Gasteiger partial charge in [-0.1, -0.05) is 31.2 Å². The average molecular weight is 410 g/mol. The van der Waals surface area contributed by atoms with Crippen LogP contribution in [0.5, 0.6) is 0 Å². The van der Waals surface area contributed by atoms with E-state index in [1.807, 2.05) is 12.1 Å². The molecule has 1 aliphatic rings. The molecule has 156 valence electrons. The number of carbonyl (C=O) groups excluding carboxylic acids is 1. The minimum Gasteiger partial charge on any atom is -0.464 e. The van der Waals surface area contributed by atoms with Crippen LogP contribution >= 0.6 is 0 Å². The number of anilines is 1. The van der Waals surface area contributed by atoms with Crippen LogP contribution in [0.4, 0.5) is 14.5 Å². The highest BCUT2D eigenvalue weighted by Crippen LogP contribution is 2.35. The number of benzene rings is 2. The second kappa shape index (κ2) is 9.87. The summed E-state index contributed by atoms with van der Waals surface area (Å²) in [6.45, 7) is 3.61. The Hall–Kier alpha value is -3.41. The molecule has 0 saturated heterocycles. The van der Waals surface area contributed by atoms with E-state index in [1.165, 1.54) is 18.5 Å². The van der Waals surface area contributed by atoms with Crippen molar-refractivity contribution in [3.05, 3.63) is 95.6 Å². The second-order valence-corrected chi connectivity index (χ2v) is 6.96. The molecule has 2 aromatic carbocycles. The molecule has 0 spiro atoms. The molecular weight excluding hydrogens is 386 g/mol. The number of amides is 1. The summed E-state index contributed by atoms with van der Waals surface area (Å²) in [6, 6.07) is 10.5. The number of allylic oxidation sites excluding steroid dienone is 2. The Labute approximate surface area is 174 Å². The fourth-order valence-electron chi connectivity index (χ4n) is 3.64. The third-order valence-electron chi connectivity index (χ3n) is 5.06. The largest absolute Gasteiger partial charge is 0.464 e. The summed E-state index contributed by atoms with van der Waals surface area (Å²) in [5.74, 6) is -2.05. The third kappa shape index (κ3) is 4.76. The fourth-order valence-corrected chi connectivity index (χ4v) is 3.64. The Balaban J connectivity index is 1.87. The van der Waals surface area contributed by atoms with Crippen molar-refractivity contribution in [1.82, 2.24) is 0 Å². The molecule has 1 aliphatic carbocycles. The van der Waals surface area contributed by atoms with Crippen LogP contribution < -0.4 is 11.1 Å². The van der Waals surface area contributed by atoms with E-state index in [2.05, 4.69) is 11.9 Å². The van der Waals surface area contributed by atoms with Crippen LogP contribution in [-0.2, 0) is 4.74 Å². The Kier molecular flexibility index (Phi) is 7.01. The Bertz CT molecular complexity index is 975. The van der Waals surface area contributed by atoms with E-state index in [4.69, 9.17) is 10.5 Å². The maximum atomic E-state index is 13.8. The summed E-state index contributed by atoms with van der Waals surface area (Å²) in [5.41, 5.74) is 8.75. The normalized spacial score (nSPS) is 14.8. The van der Waals surface area contributed by atoms with Gasteiger partial charge >= 0.3 is 0 Å². The molecule has 0 aliphatic heterocycles. The lowest BCUT2D eigenvalue weighted by molar-refractivity contribution is 0.101. The van der Waals surface area contributed by atoms with E-state index in [0.29, 0.717) is 11.4 Å². The highest BCUT2D eigenvalue weighted by atomic mass is 19.1.